The number of piperidine rings is 1. The van der Waals surface area contributed by atoms with E-state index in [9.17, 15) is 9.59 Å². The van der Waals surface area contributed by atoms with Crippen molar-refractivity contribution in [1.82, 2.24) is 19.3 Å². The molecule has 0 N–H and O–H groups in total. The van der Waals surface area contributed by atoms with Crippen LogP contribution in [0.4, 0.5) is 4.79 Å². The molecule has 4 aromatic rings. The maximum Gasteiger partial charge on any atom is 0.328 e. The van der Waals surface area contributed by atoms with Gasteiger partial charge in [0, 0.05) is 51.7 Å². The van der Waals surface area contributed by atoms with Gasteiger partial charge in [-0.15, -0.1) is 0 Å². The summed E-state index contributed by atoms with van der Waals surface area (Å²) in [5, 5.41) is 2.52. The fraction of sp³-hybridized carbons (Fsp3) is 0.273. The number of aromatic nitrogens is 1. The van der Waals surface area contributed by atoms with Crippen molar-refractivity contribution in [3.05, 3.63) is 115 Å². The number of hydrogen-bond donors (Lipinski definition) is 0. The van der Waals surface area contributed by atoms with Gasteiger partial charge in [-0.3, -0.25) is 14.6 Å². The predicted octanol–water partition coefficient (Wildman–Crippen LogP) is 5.65. The quantitative estimate of drug-likeness (QED) is 0.283. The minimum absolute atomic E-state index is 0.0532. The first-order valence-electron chi connectivity index (χ1n) is 13.8. The van der Waals surface area contributed by atoms with Crippen molar-refractivity contribution in [3.8, 4) is 0 Å². The summed E-state index contributed by atoms with van der Waals surface area (Å²) in [6.07, 6.45) is 9.19. The second-order valence-corrected chi connectivity index (χ2v) is 10.5. The van der Waals surface area contributed by atoms with Crippen LogP contribution in [0.15, 0.2) is 103 Å². The molecule has 3 heterocycles. The van der Waals surface area contributed by atoms with Crippen molar-refractivity contribution >= 4 is 28.8 Å². The zero-order valence-electron chi connectivity index (χ0n) is 22.2. The zero-order valence-corrected chi connectivity index (χ0v) is 22.2. The largest absolute Gasteiger partial charge is 0.352 e. The van der Waals surface area contributed by atoms with Crippen LogP contribution in [0.2, 0.25) is 0 Å². The molecule has 198 valence electrons. The molecule has 6 rings (SSSR count). The van der Waals surface area contributed by atoms with Crippen LogP contribution >= 0.6 is 0 Å². The highest BCUT2D eigenvalue weighted by Crippen LogP contribution is 2.38. The first-order valence-corrected chi connectivity index (χ1v) is 13.8. The van der Waals surface area contributed by atoms with Gasteiger partial charge in [0.15, 0.2) is 0 Å². The smallest absolute Gasteiger partial charge is 0.328 e. The summed E-state index contributed by atoms with van der Waals surface area (Å²) in [6, 6.07) is 28.7. The molecular formula is C33H34N4O2. The van der Waals surface area contributed by atoms with E-state index in [4.69, 9.17) is 0 Å². The average molecular weight is 519 g/mol. The molecule has 2 aliphatic heterocycles. The third-order valence-electron chi connectivity index (χ3n) is 8.22. The zero-order chi connectivity index (χ0) is 26.7. The van der Waals surface area contributed by atoms with E-state index in [0.29, 0.717) is 25.9 Å². The van der Waals surface area contributed by atoms with E-state index < -0.39 is 5.54 Å². The summed E-state index contributed by atoms with van der Waals surface area (Å²) >= 11 is 0. The van der Waals surface area contributed by atoms with Gasteiger partial charge < -0.3 is 9.47 Å². The maximum atomic E-state index is 14.0. The highest BCUT2D eigenvalue weighted by atomic mass is 16.2. The van der Waals surface area contributed by atoms with Gasteiger partial charge >= 0.3 is 6.03 Å². The molecule has 3 aromatic carbocycles. The molecule has 2 fully saturated rings. The van der Waals surface area contributed by atoms with Crippen LogP contribution in [0.25, 0.3) is 16.8 Å². The molecule has 1 spiro atoms. The Bertz CT molecular complexity index is 1460. The van der Waals surface area contributed by atoms with Crippen LogP contribution in [0.1, 0.15) is 24.0 Å². The van der Waals surface area contributed by atoms with Gasteiger partial charge in [0.1, 0.15) is 5.54 Å². The standard InChI is InChI=1S/C33H34N4O2/c38-31-33(17-22-35(23-18-33)26-29-15-8-14-28-13-4-5-16-30(28)29)37(25-24-34-19-6-7-20-34)32(39)36(31)21-9-12-27-10-2-1-3-11-27/h1-16,19-20H,17-18,21-26H2/b12-9+. The van der Waals surface area contributed by atoms with Gasteiger partial charge in [0.25, 0.3) is 5.91 Å². The maximum absolute atomic E-state index is 14.0. The molecule has 6 nitrogen and oxygen atoms in total. The number of amides is 3. The first kappa shape index (κ1) is 25.1. The molecule has 6 heteroatoms. The van der Waals surface area contributed by atoms with E-state index in [1.807, 2.05) is 71.9 Å². The van der Waals surface area contributed by atoms with Gasteiger partial charge in [0.05, 0.1) is 0 Å². The van der Waals surface area contributed by atoms with Gasteiger partial charge in [-0.25, -0.2) is 4.79 Å². The van der Waals surface area contributed by atoms with E-state index >= 15 is 0 Å². The summed E-state index contributed by atoms with van der Waals surface area (Å²) in [5.41, 5.74) is 1.58. The third-order valence-corrected chi connectivity index (χ3v) is 8.22. The summed E-state index contributed by atoms with van der Waals surface area (Å²) in [4.78, 5) is 33.4. The third kappa shape index (κ3) is 5.00. The summed E-state index contributed by atoms with van der Waals surface area (Å²) in [6.45, 7) is 3.86. The van der Waals surface area contributed by atoms with E-state index in [2.05, 4.69) is 51.9 Å². The number of carbonyl (C=O) groups excluding carboxylic acids is 2. The van der Waals surface area contributed by atoms with Crippen molar-refractivity contribution in [1.29, 1.82) is 0 Å². The highest BCUT2D eigenvalue weighted by Gasteiger charge is 2.57. The number of imide groups is 1. The summed E-state index contributed by atoms with van der Waals surface area (Å²) < 4.78 is 2.07. The molecule has 2 saturated heterocycles. The fourth-order valence-electron chi connectivity index (χ4n) is 6.08. The Hall–Kier alpha value is -4.16. The molecule has 0 radical (unpaired) electrons. The minimum Gasteiger partial charge on any atom is -0.352 e. The Morgan fingerprint density at radius 1 is 0.769 bits per heavy atom. The van der Waals surface area contributed by atoms with Gasteiger partial charge in [-0.1, -0.05) is 84.9 Å². The van der Waals surface area contributed by atoms with Crippen molar-refractivity contribution in [2.45, 2.75) is 31.5 Å². The van der Waals surface area contributed by atoms with Crippen LogP contribution < -0.4 is 0 Å². The monoisotopic (exact) mass is 518 g/mol. The summed E-state index contributed by atoms with van der Waals surface area (Å²) in [7, 11) is 0. The molecule has 0 bridgehead atoms. The number of urea groups is 1. The molecular weight excluding hydrogens is 484 g/mol. The highest BCUT2D eigenvalue weighted by molar-refractivity contribution is 6.07. The number of benzene rings is 3. The van der Waals surface area contributed by atoms with Crippen molar-refractivity contribution in [2.24, 2.45) is 0 Å². The number of fused-ring (bicyclic) bond motifs is 1. The van der Waals surface area contributed by atoms with E-state index in [1.165, 1.54) is 21.2 Å². The van der Waals surface area contributed by atoms with Gasteiger partial charge in [0.2, 0.25) is 0 Å². The lowest BCUT2D eigenvalue weighted by atomic mass is 9.85. The summed E-state index contributed by atoms with van der Waals surface area (Å²) in [5.74, 6) is -0.0532. The van der Waals surface area contributed by atoms with E-state index in [-0.39, 0.29) is 18.5 Å². The molecule has 0 atom stereocenters. The number of hydrogen-bond acceptors (Lipinski definition) is 3. The normalized spacial score (nSPS) is 17.7. The topological polar surface area (TPSA) is 48.8 Å². The molecule has 3 amide bonds. The lowest BCUT2D eigenvalue weighted by Crippen LogP contribution is -2.57. The first-order chi connectivity index (χ1) is 19.1. The number of carbonyl (C=O) groups is 2. The average Bonchev–Trinajstić information content (AvgIpc) is 3.56. The molecule has 39 heavy (non-hydrogen) atoms. The van der Waals surface area contributed by atoms with Crippen LogP contribution in [0.5, 0.6) is 0 Å². The van der Waals surface area contributed by atoms with Gasteiger partial charge in [-0.2, -0.15) is 0 Å². The lowest BCUT2D eigenvalue weighted by Gasteiger charge is -2.42. The second kappa shape index (κ2) is 10.9. The Kier molecular flexibility index (Phi) is 7.03. The van der Waals surface area contributed by atoms with Crippen LogP contribution in [-0.2, 0) is 17.9 Å². The minimum atomic E-state index is -0.778. The molecule has 0 unspecified atom stereocenters. The predicted molar refractivity (Wildman–Crippen MR) is 155 cm³/mol. The van der Waals surface area contributed by atoms with Crippen LogP contribution in [0, 0.1) is 0 Å². The molecule has 0 aliphatic carbocycles. The number of nitrogens with zero attached hydrogens (tertiary/aromatic N) is 4. The van der Waals surface area contributed by atoms with Crippen molar-refractivity contribution in [2.75, 3.05) is 26.2 Å². The Morgan fingerprint density at radius 3 is 2.28 bits per heavy atom. The number of rotatable bonds is 8. The number of likely N-dealkylation sites (tertiary alicyclic amines) is 1. The Labute approximate surface area is 229 Å². The molecule has 2 aliphatic rings. The Morgan fingerprint density at radius 2 is 1.49 bits per heavy atom. The molecule has 0 saturated carbocycles. The SMILES string of the molecule is O=C1N(C/C=C/c2ccccc2)C(=O)C2(CCN(Cc3cccc4ccccc34)CC2)N1CCn1cccc1. The lowest BCUT2D eigenvalue weighted by molar-refractivity contribution is -0.135. The van der Waals surface area contributed by atoms with Gasteiger partial charge in [-0.05, 0) is 46.9 Å². The van der Waals surface area contributed by atoms with Crippen LogP contribution in [-0.4, -0.2) is 62.9 Å². The van der Waals surface area contributed by atoms with Crippen LogP contribution in [0.3, 0.4) is 0 Å². The molecule has 1 aromatic heterocycles. The second-order valence-electron chi connectivity index (χ2n) is 10.5. The van der Waals surface area contributed by atoms with E-state index in [1.54, 1.807) is 0 Å². The Balaban J connectivity index is 1.20. The van der Waals surface area contributed by atoms with E-state index in [0.717, 1.165) is 25.2 Å². The fourth-order valence-corrected chi connectivity index (χ4v) is 6.08. The van der Waals surface area contributed by atoms with Crippen molar-refractivity contribution in [3.63, 3.8) is 0 Å². The van der Waals surface area contributed by atoms with Crippen molar-refractivity contribution < 1.29 is 9.59 Å².